The number of hydrogen-bond donors (Lipinski definition) is 2. The normalized spacial score (nSPS) is 12.3. The van der Waals surface area contributed by atoms with Crippen LogP contribution in [-0.2, 0) is 11.8 Å². The van der Waals surface area contributed by atoms with E-state index in [1.54, 1.807) is 23.9 Å². The Balaban J connectivity index is 2.21. The lowest BCUT2D eigenvalue weighted by atomic mass is 9.93. The van der Waals surface area contributed by atoms with Crippen molar-refractivity contribution < 1.29 is 14.8 Å². The number of ketones is 1. The summed E-state index contributed by atoms with van der Waals surface area (Å²) in [6.45, 7) is 1.87. The summed E-state index contributed by atoms with van der Waals surface area (Å²) < 4.78 is 1.76. The van der Waals surface area contributed by atoms with Crippen LogP contribution in [0.2, 0.25) is 0 Å². The Kier molecular flexibility index (Phi) is 4.91. The molecule has 2 N–H and O–H groups in total. The molecule has 0 radical (unpaired) electrons. The molecule has 0 fully saturated rings. The number of rotatable bonds is 5. The Morgan fingerprint density at radius 1 is 1.27 bits per heavy atom. The lowest BCUT2D eigenvalue weighted by Crippen LogP contribution is -2.14. The molecule has 5 nitrogen and oxygen atoms in total. The van der Waals surface area contributed by atoms with E-state index in [0.717, 1.165) is 5.56 Å². The van der Waals surface area contributed by atoms with E-state index in [1.807, 2.05) is 37.3 Å². The summed E-state index contributed by atoms with van der Waals surface area (Å²) in [6.07, 6.45) is 4.47. The molecule has 1 aromatic carbocycles. The monoisotopic (exact) mass is 298 g/mol. The standard InChI is InChI=1S/C17H18N2O3/c1-12(13-6-4-3-5-7-13)17(21)14-10-15(19(2)11-14)8-9-16(20)18-22/h3-12,22H,1-2H3,(H,18,20)/b9-8+. The molecule has 0 aliphatic rings. The minimum Gasteiger partial charge on any atom is -0.350 e. The van der Waals surface area contributed by atoms with Crippen LogP contribution in [-0.4, -0.2) is 21.5 Å². The van der Waals surface area contributed by atoms with Crippen molar-refractivity contribution in [3.05, 3.63) is 65.5 Å². The summed E-state index contributed by atoms with van der Waals surface area (Å²) in [5.41, 5.74) is 3.78. The predicted octanol–water partition coefficient (Wildman–Crippen LogP) is 2.53. The largest absolute Gasteiger partial charge is 0.350 e. The van der Waals surface area contributed by atoms with Gasteiger partial charge in [-0.15, -0.1) is 0 Å². The van der Waals surface area contributed by atoms with Crippen LogP contribution in [0.1, 0.15) is 34.5 Å². The summed E-state index contributed by atoms with van der Waals surface area (Å²) in [6, 6.07) is 11.3. The third kappa shape index (κ3) is 3.51. The van der Waals surface area contributed by atoms with E-state index in [2.05, 4.69) is 0 Å². The van der Waals surface area contributed by atoms with Crippen molar-refractivity contribution in [3.8, 4) is 0 Å². The molecule has 2 aromatic rings. The van der Waals surface area contributed by atoms with Crippen molar-refractivity contribution in [2.45, 2.75) is 12.8 Å². The van der Waals surface area contributed by atoms with Gasteiger partial charge in [0.1, 0.15) is 0 Å². The molecule has 22 heavy (non-hydrogen) atoms. The van der Waals surface area contributed by atoms with Gasteiger partial charge in [-0.25, -0.2) is 5.48 Å². The summed E-state index contributed by atoms with van der Waals surface area (Å²) in [7, 11) is 1.79. The maximum absolute atomic E-state index is 12.5. The highest BCUT2D eigenvalue weighted by atomic mass is 16.5. The average molecular weight is 298 g/mol. The molecule has 1 heterocycles. The van der Waals surface area contributed by atoms with Crippen LogP contribution in [0.25, 0.3) is 6.08 Å². The highest BCUT2D eigenvalue weighted by Crippen LogP contribution is 2.21. The number of carbonyl (C=O) groups is 2. The SMILES string of the molecule is CC(C(=O)c1cc(/C=C/C(=O)NO)n(C)c1)c1ccccc1. The number of hydrogen-bond acceptors (Lipinski definition) is 3. The summed E-state index contributed by atoms with van der Waals surface area (Å²) in [4.78, 5) is 23.6. The van der Waals surface area contributed by atoms with Crippen LogP contribution in [0.15, 0.2) is 48.7 Å². The molecular formula is C17H18N2O3. The minimum absolute atomic E-state index is 0.0214. The van der Waals surface area contributed by atoms with E-state index in [1.165, 1.54) is 17.6 Å². The first kappa shape index (κ1) is 15.7. The van der Waals surface area contributed by atoms with Crippen molar-refractivity contribution in [2.24, 2.45) is 7.05 Å². The van der Waals surface area contributed by atoms with Crippen molar-refractivity contribution in [1.29, 1.82) is 0 Å². The number of Topliss-reactive ketones (excluding diaryl/α,β-unsaturated/α-hetero) is 1. The van der Waals surface area contributed by atoms with Crippen molar-refractivity contribution in [1.82, 2.24) is 10.0 Å². The zero-order valence-corrected chi connectivity index (χ0v) is 12.5. The molecule has 0 saturated carbocycles. The minimum atomic E-state index is -0.619. The van der Waals surface area contributed by atoms with Crippen LogP contribution in [0, 0.1) is 0 Å². The van der Waals surface area contributed by atoms with Crippen molar-refractivity contribution in [3.63, 3.8) is 0 Å². The molecule has 2 rings (SSSR count). The van der Waals surface area contributed by atoms with Crippen molar-refractivity contribution in [2.75, 3.05) is 0 Å². The van der Waals surface area contributed by atoms with E-state index in [9.17, 15) is 9.59 Å². The zero-order valence-electron chi connectivity index (χ0n) is 12.5. The van der Waals surface area contributed by atoms with E-state index < -0.39 is 5.91 Å². The molecule has 1 amide bonds. The van der Waals surface area contributed by atoms with Crippen LogP contribution in [0.5, 0.6) is 0 Å². The Hall–Kier alpha value is -2.66. The maximum Gasteiger partial charge on any atom is 0.267 e. The predicted molar refractivity (Wildman–Crippen MR) is 83.6 cm³/mol. The number of aryl methyl sites for hydroxylation is 1. The second-order valence-corrected chi connectivity index (χ2v) is 5.07. The Labute approximate surface area is 128 Å². The molecule has 0 aliphatic heterocycles. The number of amides is 1. The van der Waals surface area contributed by atoms with Gasteiger partial charge in [-0.2, -0.15) is 0 Å². The molecule has 0 saturated heterocycles. The number of benzene rings is 1. The molecule has 1 unspecified atom stereocenters. The second-order valence-electron chi connectivity index (χ2n) is 5.07. The Morgan fingerprint density at radius 2 is 1.95 bits per heavy atom. The number of nitrogens with one attached hydrogen (secondary N) is 1. The van der Waals surface area contributed by atoms with Gasteiger partial charge < -0.3 is 4.57 Å². The molecule has 0 aliphatic carbocycles. The third-order valence-electron chi connectivity index (χ3n) is 3.54. The molecule has 114 valence electrons. The second kappa shape index (κ2) is 6.87. The number of aromatic nitrogens is 1. The summed E-state index contributed by atoms with van der Waals surface area (Å²) in [5, 5.41) is 8.46. The fourth-order valence-corrected chi connectivity index (χ4v) is 2.22. The van der Waals surface area contributed by atoms with E-state index in [4.69, 9.17) is 5.21 Å². The number of nitrogens with zero attached hydrogens (tertiary/aromatic N) is 1. The molecule has 0 spiro atoms. The number of hydroxylamine groups is 1. The Bertz CT molecular complexity index is 702. The van der Waals surface area contributed by atoms with Crippen LogP contribution in [0.4, 0.5) is 0 Å². The highest BCUT2D eigenvalue weighted by molar-refractivity contribution is 6.01. The smallest absolute Gasteiger partial charge is 0.267 e. The van der Waals surface area contributed by atoms with Gasteiger partial charge in [0.25, 0.3) is 5.91 Å². The van der Waals surface area contributed by atoms with E-state index in [0.29, 0.717) is 11.3 Å². The van der Waals surface area contributed by atoms with E-state index in [-0.39, 0.29) is 11.7 Å². The highest BCUT2D eigenvalue weighted by Gasteiger charge is 2.18. The van der Waals surface area contributed by atoms with Gasteiger partial charge in [-0.1, -0.05) is 37.3 Å². The van der Waals surface area contributed by atoms with Gasteiger partial charge in [0, 0.05) is 36.5 Å². The summed E-state index contributed by atoms with van der Waals surface area (Å²) in [5.74, 6) is -0.832. The lowest BCUT2D eigenvalue weighted by molar-refractivity contribution is -0.124. The van der Waals surface area contributed by atoms with Gasteiger partial charge in [0.05, 0.1) is 0 Å². The van der Waals surface area contributed by atoms with Crippen LogP contribution >= 0.6 is 0 Å². The van der Waals surface area contributed by atoms with Gasteiger partial charge in [-0.05, 0) is 17.7 Å². The molecule has 5 heteroatoms. The fourth-order valence-electron chi connectivity index (χ4n) is 2.22. The van der Waals surface area contributed by atoms with Crippen molar-refractivity contribution >= 4 is 17.8 Å². The van der Waals surface area contributed by atoms with Gasteiger partial charge in [0.2, 0.25) is 0 Å². The third-order valence-corrected chi connectivity index (χ3v) is 3.54. The first-order chi connectivity index (χ1) is 10.5. The molecular weight excluding hydrogens is 280 g/mol. The van der Waals surface area contributed by atoms with Gasteiger partial charge in [-0.3, -0.25) is 14.8 Å². The van der Waals surface area contributed by atoms with Gasteiger partial charge in [0.15, 0.2) is 5.78 Å². The quantitative estimate of drug-likeness (QED) is 0.386. The summed E-state index contributed by atoms with van der Waals surface area (Å²) >= 11 is 0. The van der Waals surface area contributed by atoms with Crippen LogP contribution < -0.4 is 5.48 Å². The first-order valence-electron chi connectivity index (χ1n) is 6.90. The maximum atomic E-state index is 12.5. The number of carbonyl (C=O) groups excluding carboxylic acids is 2. The molecule has 1 aromatic heterocycles. The Morgan fingerprint density at radius 3 is 2.59 bits per heavy atom. The topological polar surface area (TPSA) is 71.3 Å². The lowest BCUT2D eigenvalue weighted by Gasteiger charge is -2.09. The van der Waals surface area contributed by atoms with E-state index >= 15 is 0 Å². The average Bonchev–Trinajstić information content (AvgIpc) is 2.93. The molecule has 0 bridgehead atoms. The molecule has 1 atom stereocenters. The van der Waals surface area contributed by atoms with Gasteiger partial charge >= 0.3 is 0 Å². The van der Waals surface area contributed by atoms with Crippen LogP contribution in [0.3, 0.4) is 0 Å². The fraction of sp³-hybridized carbons (Fsp3) is 0.176. The first-order valence-corrected chi connectivity index (χ1v) is 6.90. The zero-order chi connectivity index (χ0) is 16.1.